The molecule has 122 valence electrons. The van der Waals surface area contributed by atoms with Crippen molar-refractivity contribution in [1.29, 1.82) is 0 Å². The molecule has 0 amide bonds. The number of rotatable bonds is 5. The van der Waals surface area contributed by atoms with Gasteiger partial charge in [0, 0.05) is 11.8 Å². The maximum atomic E-state index is 11.2. The summed E-state index contributed by atoms with van der Waals surface area (Å²) in [5, 5.41) is 14.4. The Morgan fingerprint density at radius 2 is 2.13 bits per heavy atom. The minimum absolute atomic E-state index is 0.0834. The highest BCUT2D eigenvalue weighted by Crippen LogP contribution is 2.30. The molecule has 1 aliphatic rings. The van der Waals surface area contributed by atoms with Gasteiger partial charge in [0.25, 0.3) is 5.69 Å². The van der Waals surface area contributed by atoms with Crippen molar-refractivity contribution >= 4 is 17.1 Å². The van der Waals surface area contributed by atoms with Crippen LogP contribution in [0.1, 0.15) is 5.76 Å². The van der Waals surface area contributed by atoms with Crippen molar-refractivity contribution in [2.75, 3.05) is 43.4 Å². The van der Waals surface area contributed by atoms with E-state index in [1.54, 1.807) is 18.4 Å². The Morgan fingerprint density at radius 3 is 2.78 bits per heavy atom. The predicted octanol–water partition coefficient (Wildman–Crippen LogP) is 1.13. The minimum Gasteiger partial charge on any atom is -0.467 e. The molecule has 0 unspecified atom stereocenters. The highest BCUT2D eigenvalue weighted by atomic mass is 16.6. The van der Waals surface area contributed by atoms with Crippen molar-refractivity contribution in [2.24, 2.45) is 0 Å². The number of benzene rings is 1. The first-order valence-electron chi connectivity index (χ1n) is 7.74. The summed E-state index contributed by atoms with van der Waals surface area (Å²) in [6, 6.07) is 8.91. The van der Waals surface area contributed by atoms with E-state index in [9.17, 15) is 10.1 Å². The highest BCUT2D eigenvalue weighted by Gasteiger charge is 2.20. The molecule has 1 fully saturated rings. The number of nitro groups is 1. The molecule has 2 N–H and O–H groups in total. The van der Waals surface area contributed by atoms with Crippen LogP contribution >= 0.6 is 0 Å². The average molecular weight is 317 g/mol. The summed E-state index contributed by atoms with van der Waals surface area (Å²) in [4.78, 5) is 14.7. The molecule has 0 atom stereocenters. The molecule has 0 radical (unpaired) electrons. The van der Waals surface area contributed by atoms with Gasteiger partial charge in [-0.2, -0.15) is 0 Å². The van der Waals surface area contributed by atoms with Gasteiger partial charge in [-0.05, 0) is 24.3 Å². The Kier molecular flexibility index (Phi) is 4.47. The van der Waals surface area contributed by atoms with E-state index in [0.29, 0.717) is 12.2 Å². The molecule has 1 aromatic heterocycles. The van der Waals surface area contributed by atoms with E-state index in [0.717, 1.165) is 37.6 Å². The molecule has 7 nitrogen and oxygen atoms in total. The van der Waals surface area contributed by atoms with Gasteiger partial charge < -0.3 is 19.5 Å². The Bertz CT molecular complexity index is 664. The first-order valence-corrected chi connectivity index (χ1v) is 7.74. The van der Waals surface area contributed by atoms with Crippen LogP contribution in [-0.4, -0.2) is 38.2 Å². The summed E-state index contributed by atoms with van der Waals surface area (Å²) in [6.45, 7) is 4.49. The fourth-order valence-electron chi connectivity index (χ4n) is 2.76. The largest absolute Gasteiger partial charge is 0.467 e. The van der Waals surface area contributed by atoms with Crippen LogP contribution in [-0.2, 0) is 6.54 Å². The van der Waals surface area contributed by atoms with Gasteiger partial charge >= 0.3 is 0 Å². The van der Waals surface area contributed by atoms with E-state index in [1.165, 1.54) is 4.90 Å². The van der Waals surface area contributed by atoms with Crippen LogP contribution in [0.5, 0.6) is 0 Å². The Morgan fingerprint density at radius 1 is 1.35 bits per heavy atom. The van der Waals surface area contributed by atoms with E-state index >= 15 is 0 Å². The molecular formula is C16H21N4O3+. The lowest BCUT2D eigenvalue weighted by Gasteiger charge is -2.31. The lowest BCUT2D eigenvalue weighted by Crippen LogP contribution is -3.12. The van der Waals surface area contributed by atoms with Crippen molar-refractivity contribution in [3.8, 4) is 0 Å². The van der Waals surface area contributed by atoms with E-state index in [-0.39, 0.29) is 10.6 Å². The molecule has 0 bridgehead atoms. The zero-order valence-electron chi connectivity index (χ0n) is 13.1. The van der Waals surface area contributed by atoms with Crippen LogP contribution in [0.2, 0.25) is 0 Å². The van der Waals surface area contributed by atoms with Crippen LogP contribution in [0.15, 0.2) is 41.0 Å². The molecule has 0 aliphatic carbocycles. The average Bonchev–Trinajstić information content (AvgIpc) is 3.06. The van der Waals surface area contributed by atoms with E-state index < -0.39 is 0 Å². The lowest BCUT2D eigenvalue weighted by atomic mass is 10.2. The number of nitrogens with one attached hydrogen (secondary N) is 2. The summed E-state index contributed by atoms with van der Waals surface area (Å²) in [6.07, 6.45) is 1.59. The first kappa shape index (κ1) is 15.4. The van der Waals surface area contributed by atoms with Crippen LogP contribution in [0.4, 0.5) is 17.1 Å². The van der Waals surface area contributed by atoms with Crippen molar-refractivity contribution in [2.45, 2.75) is 6.54 Å². The molecule has 2 heterocycles. The van der Waals surface area contributed by atoms with Crippen molar-refractivity contribution in [3.63, 3.8) is 0 Å². The Hall–Kier alpha value is -2.54. The van der Waals surface area contributed by atoms with Gasteiger partial charge in [-0.1, -0.05) is 0 Å². The predicted molar refractivity (Wildman–Crippen MR) is 88.0 cm³/mol. The number of piperazine rings is 1. The first-order chi connectivity index (χ1) is 11.1. The molecular weight excluding hydrogens is 296 g/mol. The van der Waals surface area contributed by atoms with Crippen LogP contribution in [0, 0.1) is 10.1 Å². The summed E-state index contributed by atoms with van der Waals surface area (Å²) < 4.78 is 5.27. The van der Waals surface area contributed by atoms with Gasteiger partial charge in [0.1, 0.15) is 11.4 Å². The minimum atomic E-state index is -0.359. The van der Waals surface area contributed by atoms with Crippen LogP contribution in [0.25, 0.3) is 0 Å². The van der Waals surface area contributed by atoms with E-state index in [1.807, 2.05) is 18.2 Å². The van der Waals surface area contributed by atoms with Crippen LogP contribution < -0.4 is 15.1 Å². The second kappa shape index (κ2) is 6.70. The third kappa shape index (κ3) is 3.62. The summed E-state index contributed by atoms with van der Waals surface area (Å²) in [5.41, 5.74) is 1.63. The molecule has 1 aromatic carbocycles. The van der Waals surface area contributed by atoms with Gasteiger partial charge in [0.15, 0.2) is 0 Å². The molecule has 1 aliphatic heterocycles. The maximum Gasteiger partial charge on any atom is 0.292 e. The number of likely N-dealkylation sites (N-methyl/N-ethyl adjacent to an activating group) is 1. The number of quaternary nitrogens is 1. The molecule has 3 rings (SSSR count). The van der Waals surface area contributed by atoms with Gasteiger partial charge in [0.05, 0.1) is 51.0 Å². The molecule has 0 spiro atoms. The second-order valence-electron chi connectivity index (χ2n) is 5.84. The monoisotopic (exact) mass is 317 g/mol. The number of anilines is 2. The lowest BCUT2D eigenvalue weighted by molar-refractivity contribution is -0.880. The maximum absolute atomic E-state index is 11.2. The summed E-state index contributed by atoms with van der Waals surface area (Å²) >= 11 is 0. The van der Waals surface area contributed by atoms with Crippen LogP contribution in [0.3, 0.4) is 0 Å². The smallest absolute Gasteiger partial charge is 0.292 e. The Labute approximate surface area is 134 Å². The summed E-state index contributed by atoms with van der Waals surface area (Å²) in [5.74, 6) is 0.743. The number of nitro benzene ring substituents is 1. The SMILES string of the molecule is C[NH+]1CCN(c2ccc([N+](=O)[O-])c(NCc3ccco3)c2)CC1. The van der Waals surface area contributed by atoms with E-state index in [2.05, 4.69) is 17.3 Å². The number of nitrogens with zero attached hydrogens (tertiary/aromatic N) is 2. The number of hydrogen-bond acceptors (Lipinski definition) is 5. The van der Waals surface area contributed by atoms with Gasteiger partial charge in [-0.25, -0.2) is 0 Å². The Balaban J connectivity index is 1.79. The van der Waals surface area contributed by atoms with E-state index in [4.69, 9.17) is 4.42 Å². The molecule has 0 saturated carbocycles. The van der Waals surface area contributed by atoms with Gasteiger partial charge in [0.2, 0.25) is 0 Å². The quantitative estimate of drug-likeness (QED) is 0.639. The van der Waals surface area contributed by atoms with Crippen molar-refractivity contribution < 1.29 is 14.2 Å². The third-order valence-corrected chi connectivity index (χ3v) is 4.19. The topological polar surface area (TPSA) is 76.0 Å². The zero-order valence-corrected chi connectivity index (χ0v) is 13.1. The fraction of sp³-hybridized carbons (Fsp3) is 0.375. The molecule has 7 heteroatoms. The number of furan rings is 1. The highest BCUT2D eigenvalue weighted by molar-refractivity contribution is 5.69. The zero-order chi connectivity index (χ0) is 16.2. The van der Waals surface area contributed by atoms with Crippen molar-refractivity contribution in [1.82, 2.24) is 0 Å². The third-order valence-electron chi connectivity index (χ3n) is 4.19. The molecule has 2 aromatic rings. The van der Waals surface area contributed by atoms with Gasteiger partial charge in [-0.15, -0.1) is 0 Å². The standard InChI is InChI=1S/C16H20N4O3/c1-18-6-8-19(9-7-18)13-4-5-16(20(21)22)15(11-13)17-12-14-3-2-10-23-14/h2-5,10-11,17H,6-9,12H2,1H3/p+1. The van der Waals surface area contributed by atoms with Gasteiger partial charge in [-0.3, -0.25) is 10.1 Å². The fourth-order valence-corrected chi connectivity index (χ4v) is 2.76. The second-order valence-corrected chi connectivity index (χ2v) is 5.84. The molecule has 23 heavy (non-hydrogen) atoms. The normalized spacial score (nSPS) is 15.6. The van der Waals surface area contributed by atoms with Crippen molar-refractivity contribution in [3.05, 3.63) is 52.5 Å². The summed E-state index contributed by atoms with van der Waals surface area (Å²) in [7, 11) is 2.18. The number of hydrogen-bond donors (Lipinski definition) is 2. The molecule has 1 saturated heterocycles.